The molecule has 0 aliphatic rings. The number of azo groups is 1. The number of thioether (sulfide) groups is 1. The Morgan fingerprint density at radius 2 is 1.77 bits per heavy atom. The molecule has 0 radical (unpaired) electrons. The molecule has 0 spiro atoms. The van der Waals surface area contributed by atoms with E-state index in [9.17, 15) is 33.4 Å². The normalized spacial score (nSPS) is 13.1. The fourth-order valence-electron chi connectivity index (χ4n) is 3.70. The number of carbonyl (C=O) groups excluding carboxylic acids is 1. The van der Waals surface area contributed by atoms with Crippen LogP contribution in [-0.2, 0) is 16.5 Å². The van der Waals surface area contributed by atoms with Crippen LogP contribution in [0.15, 0.2) is 33.6 Å². The first-order chi connectivity index (χ1) is 20.2. The van der Waals surface area contributed by atoms with E-state index < -0.39 is 34.8 Å². The Labute approximate surface area is 283 Å². The molecule has 3 heterocycles. The standard InChI is InChI=1S/C24H27N9O7S3.Na/c1-11(10-25-19(34)12-7-13(20(35)36)9-14(8-12)21(37)38)17-26-18-15(16(24(2,3)4)30-33(18)31-17)28-29-22-27-23(32-42-22)41-5-6-43(39)40;/h7-9,11,30H,5-6,10H2,1-4H3,(H,25,34)(H,35,36)(H,37,38)(H,39,40);/q;+1/p-1. The van der Waals surface area contributed by atoms with Gasteiger partial charge in [-0.1, -0.05) is 50.5 Å². The van der Waals surface area contributed by atoms with Crippen LogP contribution in [0.4, 0.5) is 10.8 Å². The van der Waals surface area contributed by atoms with Crippen LogP contribution >= 0.6 is 23.3 Å². The van der Waals surface area contributed by atoms with Gasteiger partial charge in [-0.2, -0.15) is 14.0 Å². The van der Waals surface area contributed by atoms with Gasteiger partial charge in [-0.05, 0) is 18.2 Å². The van der Waals surface area contributed by atoms with E-state index in [4.69, 9.17) is 0 Å². The van der Waals surface area contributed by atoms with E-state index in [1.807, 2.05) is 20.8 Å². The van der Waals surface area contributed by atoms with Crippen LogP contribution in [0.25, 0.3) is 5.65 Å². The number of hydrogen-bond acceptors (Lipinski definition) is 13. The van der Waals surface area contributed by atoms with Crippen molar-refractivity contribution in [3.8, 4) is 0 Å². The molecule has 0 bridgehead atoms. The average molecular weight is 672 g/mol. The summed E-state index contributed by atoms with van der Waals surface area (Å²) in [5.74, 6) is -3.08. The molecule has 2 unspecified atom stereocenters. The minimum absolute atomic E-state index is 0. The van der Waals surface area contributed by atoms with Gasteiger partial charge in [0.05, 0.1) is 16.8 Å². The summed E-state index contributed by atoms with van der Waals surface area (Å²) in [5.41, 5.74) is 0.402. The molecule has 0 aliphatic heterocycles. The maximum atomic E-state index is 12.8. The first kappa shape index (κ1) is 35.4. The van der Waals surface area contributed by atoms with Crippen molar-refractivity contribution in [2.75, 3.05) is 18.1 Å². The zero-order chi connectivity index (χ0) is 31.5. The maximum absolute atomic E-state index is 12.8. The van der Waals surface area contributed by atoms with Crippen molar-refractivity contribution in [2.24, 2.45) is 10.2 Å². The van der Waals surface area contributed by atoms with Gasteiger partial charge in [0.15, 0.2) is 11.5 Å². The van der Waals surface area contributed by atoms with Gasteiger partial charge in [0, 0.05) is 46.5 Å². The third-order valence-corrected chi connectivity index (χ3v) is 8.21. The summed E-state index contributed by atoms with van der Waals surface area (Å²) in [7, 11) is 0. The number of carboxylic acid groups (broad SMARTS) is 2. The third-order valence-electron chi connectivity index (χ3n) is 5.85. The Hall–Kier alpha value is -3.07. The van der Waals surface area contributed by atoms with Gasteiger partial charge in [-0.25, -0.2) is 14.6 Å². The second-order valence-electron chi connectivity index (χ2n) is 10.2. The second-order valence-corrected chi connectivity index (χ2v) is 13.0. The van der Waals surface area contributed by atoms with Gasteiger partial charge >= 0.3 is 41.5 Å². The number of aromatic nitrogens is 6. The fraction of sp³-hybridized carbons (Fsp3) is 0.375. The predicted octanol–water partition coefficient (Wildman–Crippen LogP) is 0.527. The number of nitrogens with zero attached hydrogens (tertiary/aromatic N) is 7. The Bertz CT molecular complexity index is 1710. The molecule has 0 aliphatic carbocycles. The number of rotatable bonds is 12. The Morgan fingerprint density at radius 1 is 1.14 bits per heavy atom. The van der Waals surface area contributed by atoms with Crippen LogP contribution in [0.5, 0.6) is 0 Å². The smallest absolute Gasteiger partial charge is 0.772 e. The molecule has 44 heavy (non-hydrogen) atoms. The Morgan fingerprint density at radius 3 is 2.36 bits per heavy atom. The minimum Gasteiger partial charge on any atom is -0.772 e. The maximum Gasteiger partial charge on any atom is 1.00 e. The molecule has 1 amide bonds. The van der Waals surface area contributed by atoms with Crippen molar-refractivity contribution in [2.45, 2.75) is 44.2 Å². The molecule has 20 heteroatoms. The van der Waals surface area contributed by atoms with Crippen LogP contribution in [0, 0.1) is 0 Å². The van der Waals surface area contributed by atoms with Crippen molar-refractivity contribution in [1.82, 2.24) is 34.5 Å². The number of aromatic carboxylic acids is 2. The first-order valence-electron chi connectivity index (χ1n) is 12.6. The van der Waals surface area contributed by atoms with Gasteiger partial charge in [0.25, 0.3) is 5.91 Å². The van der Waals surface area contributed by atoms with E-state index in [1.165, 1.54) is 16.4 Å². The molecule has 228 valence electrons. The number of H-pyrrole nitrogens is 1. The van der Waals surface area contributed by atoms with Gasteiger partial charge < -0.3 is 20.1 Å². The van der Waals surface area contributed by atoms with Crippen molar-refractivity contribution in [3.05, 3.63) is 46.4 Å². The van der Waals surface area contributed by atoms with Crippen LogP contribution in [0.3, 0.4) is 0 Å². The summed E-state index contributed by atoms with van der Waals surface area (Å²) >= 11 is 0.0702. The molecule has 0 saturated carbocycles. The molecule has 4 N–H and O–H groups in total. The van der Waals surface area contributed by atoms with Crippen LogP contribution in [0.2, 0.25) is 0 Å². The fourth-order valence-corrected chi connectivity index (χ4v) is 5.69. The zero-order valence-electron chi connectivity index (χ0n) is 24.2. The second kappa shape index (κ2) is 14.8. The molecule has 2 atom stereocenters. The van der Waals surface area contributed by atoms with Gasteiger partial charge in [-0.15, -0.1) is 15.3 Å². The van der Waals surface area contributed by atoms with E-state index in [2.05, 4.69) is 40.1 Å². The molecule has 3 aromatic heterocycles. The Kier molecular flexibility index (Phi) is 11.9. The predicted molar refractivity (Wildman–Crippen MR) is 156 cm³/mol. The molecule has 0 fully saturated rings. The molecule has 4 aromatic rings. The summed E-state index contributed by atoms with van der Waals surface area (Å²) in [5, 5.41) is 38.2. The van der Waals surface area contributed by atoms with Crippen LogP contribution in [0.1, 0.15) is 76.2 Å². The number of nitrogens with one attached hydrogen (secondary N) is 2. The number of carbonyl (C=O) groups is 3. The van der Waals surface area contributed by atoms with E-state index in [0.717, 1.165) is 29.7 Å². The van der Waals surface area contributed by atoms with Gasteiger partial charge in [0.1, 0.15) is 0 Å². The van der Waals surface area contributed by atoms with Crippen LogP contribution in [-0.4, -0.2) is 84.0 Å². The molecule has 0 saturated heterocycles. The number of aromatic amines is 1. The topological polar surface area (TPSA) is 240 Å². The van der Waals surface area contributed by atoms with Crippen molar-refractivity contribution in [1.29, 1.82) is 0 Å². The molecule has 1 aromatic carbocycles. The summed E-state index contributed by atoms with van der Waals surface area (Å²) in [6.45, 7) is 7.78. The van der Waals surface area contributed by atoms with Crippen molar-refractivity contribution >= 4 is 68.7 Å². The van der Waals surface area contributed by atoms with Crippen LogP contribution < -0.4 is 34.9 Å². The third kappa shape index (κ3) is 8.77. The molecular formula is C24H26N9NaO7S3. The largest absolute Gasteiger partial charge is 1.00 e. The number of fused-ring (bicyclic) bond motifs is 1. The Balaban J connectivity index is 0.00000529. The number of amides is 1. The van der Waals surface area contributed by atoms with E-state index >= 15 is 0 Å². The van der Waals surface area contributed by atoms with E-state index in [-0.39, 0.29) is 69.1 Å². The number of hydrogen-bond donors (Lipinski definition) is 4. The van der Waals surface area contributed by atoms with E-state index in [0.29, 0.717) is 33.8 Å². The quantitative estimate of drug-likeness (QED) is 0.0698. The van der Waals surface area contributed by atoms with E-state index in [1.54, 1.807) is 6.92 Å². The number of carboxylic acids is 2. The van der Waals surface area contributed by atoms with Gasteiger partial charge in [0.2, 0.25) is 15.9 Å². The summed E-state index contributed by atoms with van der Waals surface area (Å²) in [6, 6.07) is 3.19. The summed E-state index contributed by atoms with van der Waals surface area (Å²) in [4.78, 5) is 44.4. The average Bonchev–Trinajstić information content (AvgIpc) is 3.64. The molecule has 4 rings (SSSR count). The zero-order valence-corrected chi connectivity index (χ0v) is 28.7. The SMILES string of the molecule is CC(CNC(=O)c1cc(C(=O)O)cc(C(=O)O)c1)c1nc2c(N=Nc3nc(SCCS(=O)[O-])ns3)c(C(C)(C)C)[nH]n2n1.[Na+]. The molecular weight excluding hydrogens is 646 g/mol. The monoisotopic (exact) mass is 671 g/mol. The molecule has 16 nitrogen and oxygen atoms in total. The first-order valence-corrected chi connectivity index (χ1v) is 15.6. The number of benzene rings is 1. The summed E-state index contributed by atoms with van der Waals surface area (Å²) in [6.07, 6.45) is 0. The van der Waals surface area contributed by atoms with Gasteiger partial charge in [-0.3, -0.25) is 14.1 Å². The van der Waals surface area contributed by atoms with Crippen molar-refractivity contribution in [3.63, 3.8) is 0 Å². The van der Waals surface area contributed by atoms with Crippen molar-refractivity contribution < 1.29 is 62.9 Å². The minimum atomic E-state index is -2.14. The summed E-state index contributed by atoms with van der Waals surface area (Å²) < 4.78 is 27.1.